The highest BCUT2D eigenvalue weighted by atomic mass is 79.9. The molecule has 0 saturated heterocycles. The van der Waals surface area contributed by atoms with Gasteiger partial charge in [0.2, 0.25) is 0 Å². The monoisotopic (exact) mass is 331 g/mol. The highest BCUT2D eigenvalue weighted by molar-refractivity contribution is 9.10. The fourth-order valence-electron chi connectivity index (χ4n) is 2.92. The molecule has 3 rings (SSSR count). The smallest absolute Gasteiger partial charge is 0.123 e. The van der Waals surface area contributed by atoms with E-state index in [1.54, 1.807) is 0 Å². The Bertz CT molecular complexity index is 666. The summed E-state index contributed by atoms with van der Waals surface area (Å²) in [5.41, 5.74) is 5.65. The topological polar surface area (TPSA) is 32.3 Å². The Balaban J connectivity index is 1.90. The van der Waals surface area contributed by atoms with Crippen molar-refractivity contribution < 1.29 is 5.11 Å². The van der Waals surface area contributed by atoms with Crippen LogP contribution >= 0.6 is 15.9 Å². The Morgan fingerprint density at radius 3 is 2.80 bits per heavy atom. The van der Waals surface area contributed by atoms with Gasteiger partial charge < -0.3 is 10.4 Å². The quantitative estimate of drug-likeness (QED) is 0.822. The maximum Gasteiger partial charge on any atom is 0.123 e. The van der Waals surface area contributed by atoms with Crippen molar-refractivity contribution in [2.45, 2.75) is 32.7 Å². The lowest BCUT2D eigenvalue weighted by atomic mass is 10.1. The third-order valence-electron chi connectivity index (χ3n) is 4.15. The van der Waals surface area contributed by atoms with E-state index in [9.17, 15) is 5.11 Å². The Kier molecular flexibility index (Phi) is 3.47. The molecule has 2 aromatic carbocycles. The standard InChI is InChI=1S/C17H18BrNO/c1-10-3-7-15(11(2)17(10)20)19-16-8-4-12-9-13(18)5-6-14(12)16/h3,5-7,9,16,19-20H,4,8H2,1-2H3. The number of fused-ring (bicyclic) bond motifs is 1. The lowest BCUT2D eigenvalue weighted by molar-refractivity contribution is 0.467. The van der Waals surface area contributed by atoms with Crippen LogP contribution in [0.4, 0.5) is 5.69 Å². The van der Waals surface area contributed by atoms with Gasteiger partial charge in [0.1, 0.15) is 5.75 Å². The molecule has 1 aliphatic carbocycles. The van der Waals surface area contributed by atoms with Crippen molar-refractivity contribution in [2.75, 3.05) is 5.32 Å². The summed E-state index contributed by atoms with van der Waals surface area (Å²) in [6, 6.07) is 10.8. The normalized spacial score (nSPS) is 17.1. The summed E-state index contributed by atoms with van der Waals surface area (Å²) < 4.78 is 1.14. The molecule has 2 N–H and O–H groups in total. The van der Waals surface area contributed by atoms with E-state index < -0.39 is 0 Å². The van der Waals surface area contributed by atoms with Crippen molar-refractivity contribution in [2.24, 2.45) is 0 Å². The van der Waals surface area contributed by atoms with Crippen molar-refractivity contribution in [3.8, 4) is 5.75 Å². The van der Waals surface area contributed by atoms with Gasteiger partial charge in [-0.15, -0.1) is 0 Å². The molecule has 3 heteroatoms. The molecule has 0 saturated carbocycles. The van der Waals surface area contributed by atoms with Crippen LogP contribution < -0.4 is 5.32 Å². The molecule has 1 atom stereocenters. The summed E-state index contributed by atoms with van der Waals surface area (Å²) in [4.78, 5) is 0. The first kappa shape index (κ1) is 13.5. The first-order chi connectivity index (χ1) is 9.56. The van der Waals surface area contributed by atoms with Crippen molar-refractivity contribution in [1.29, 1.82) is 0 Å². The summed E-state index contributed by atoms with van der Waals surface area (Å²) in [6.45, 7) is 3.89. The first-order valence-corrected chi connectivity index (χ1v) is 7.69. The highest BCUT2D eigenvalue weighted by Crippen LogP contribution is 2.37. The molecule has 2 nitrogen and oxygen atoms in total. The van der Waals surface area contributed by atoms with E-state index in [2.05, 4.69) is 45.5 Å². The zero-order valence-corrected chi connectivity index (χ0v) is 13.3. The number of phenolic OH excluding ortho intramolecular Hbond substituents is 1. The van der Waals surface area contributed by atoms with Gasteiger partial charge in [0.15, 0.2) is 0 Å². The SMILES string of the molecule is Cc1ccc(NC2CCc3cc(Br)ccc32)c(C)c1O. The molecule has 0 fully saturated rings. The minimum atomic E-state index is 0.332. The van der Waals surface area contributed by atoms with Gasteiger partial charge in [0.25, 0.3) is 0 Å². The average Bonchev–Trinajstić information content (AvgIpc) is 2.82. The zero-order chi connectivity index (χ0) is 14.3. The maximum absolute atomic E-state index is 10.0. The number of rotatable bonds is 2. The number of benzene rings is 2. The van der Waals surface area contributed by atoms with E-state index in [0.29, 0.717) is 11.8 Å². The predicted octanol–water partition coefficient (Wildman–Crippen LogP) is 4.87. The van der Waals surface area contributed by atoms with Gasteiger partial charge >= 0.3 is 0 Å². The molecule has 0 amide bonds. The second-order valence-electron chi connectivity index (χ2n) is 5.48. The average molecular weight is 332 g/mol. The van der Waals surface area contributed by atoms with Gasteiger partial charge in [-0.2, -0.15) is 0 Å². The number of aromatic hydroxyl groups is 1. The Morgan fingerprint density at radius 2 is 2.00 bits per heavy atom. The summed E-state index contributed by atoms with van der Waals surface area (Å²) in [7, 11) is 0. The number of hydrogen-bond acceptors (Lipinski definition) is 2. The van der Waals surface area contributed by atoms with E-state index in [1.807, 2.05) is 19.9 Å². The number of aryl methyl sites for hydroxylation is 2. The molecule has 1 aliphatic rings. The van der Waals surface area contributed by atoms with Crippen molar-refractivity contribution in [1.82, 2.24) is 0 Å². The molecule has 0 aromatic heterocycles. The zero-order valence-electron chi connectivity index (χ0n) is 11.7. The summed E-state index contributed by atoms with van der Waals surface area (Å²) >= 11 is 3.53. The second-order valence-corrected chi connectivity index (χ2v) is 6.40. The van der Waals surface area contributed by atoms with Crippen LogP contribution in [0.3, 0.4) is 0 Å². The van der Waals surface area contributed by atoms with Crippen LogP contribution in [0.2, 0.25) is 0 Å². The number of nitrogens with one attached hydrogen (secondary N) is 1. The van der Waals surface area contributed by atoms with E-state index in [1.165, 1.54) is 11.1 Å². The molecule has 1 unspecified atom stereocenters. The molecular weight excluding hydrogens is 314 g/mol. The molecule has 0 radical (unpaired) electrons. The largest absolute Gasteiger partial charge is 0.507 e. The minimum absolute atomic E-state index is 0.332. The Labute approximate surface area is 128 Å². The van der Waals surface area contributed by atoms with E-state index in [-0.39, 0.29) is 0 Å². The van der Waals surface area contributed by atoms with Crippen LogP contribution in [0.1, 0.15) is 34.7 Å². The molecule has 0 spiro atoms. The van der Waals surface area contributed by atoms with Crippen molar-refractivity contribution >= 4 is 21.6 Å². The molecule has 0 bridgehead atoms. The predicted molar refractivity (Wildman–Crippen MR) is 86.4 cm³/mol. The first-order valence-electron chi connectivity index (χ1n) is 6.90. The van der Waals surface area contributed by atoms with Crippen LogP contribution in [0.15, 0.2) is 34.8 Å². The van der Waals surface area contributed by atoms with Crippen molar-refractivity contribution in [3.63, 3.8) is 0 Å². The van der Waals surface area contributed by atoms with Gasteiger partial charge in [-0.05, 0) is 61.6 Å². The summed E-state index contributed by atoms with van der Waals surface area (Å²) in [5, 5.41) is 13.6. The Morgan fingerprint density at radius 1 is 1.20 bits per heavy atom. The molecule has 0 aliphatic heterocycles. The lowest BCUT2D eigenvalue weighted by Gasteiger charge is -2.18. The fraction of sp³-hybridized carbons (Fsp3) is 0.294. The maximum atomic E-state index is 10.0. The lowest BCUT2D eigenvalue weighted by Crippen LogP contribution is -2.08. The van der Waals surface area contributed by atoms with Crippen molar-refractivity contribution in [3.05, 3.63) is 57.1 Å². The molecular formula is C17H18BrNO. The van der Waals surface area contributed by atoms with E-state index in [0.717, 1.165) is 34.1 Å². The van der Waals surface area contributed by atoms with Gasteiger partial charge in [0.05, 0.1) is 6.04 Å². The van der Waals surface area contributed by atoms with Crippen LogP contribution in [0.5, 0.6) is 5.75 Å². The number of anilines is 1. The van der Waals surface area contributed by atoms with Gasteiger partial charge in [0, 0.05) is 15.7 Å². The highest BCUT2D eigenvalue weighted by Gasteiger charge is 2.23. The summed E-state index contributed by atoms with van der Waals surface area (Å²) in [6.07, 6.45) is 2.20. The number of hydrogen-bond donors (Lipinski definition) is 2. The molecule has 20 heavy (non-hydrogen) atoms. The molecule has 2 aromatic rings. The van der Waals surface area contributed by atoms with E-state index in [4.69, 9.17) is 0 Å². The van der Waals surface area contributed by atoms with Crippen LogP contribution in [0.25, 0.3) is 0 Å². The third kappa shape index (κ3) is 2.31. The Hall–Kier alpha value is -1.48. The van der Waals surface area contributed by atoms with Crippen LogP contribution in [0, 0.1) is 13.8 Å². The van der Waals surface area contributed by atoms with E-state index >= 15 is 0 Å². The summed E-state index contributed by atoms with van der Waals surface area (Å²) in [5.74, 6) is 0.393. The van der Waals surface area contributed by atoms with Crippen LogP contribution in [-0.4, -0.2) is 5.11 Å². The van der Waals surface area contributed by atoms with Gasteiger partial charge in [-0.3, -0.25) is 0 Å². The number of halogens is 1. The van der Waals surface area contributed by atoms with Gasteiger partial charge in [-0.25, -0.2) is 0 Å². The second kappa shape index (κ2) is 5.13. The van der Waals surface area contributed by atoms with Gasteiger partial charge in [-0.1, -0.05) is 28.1 Å². The minimum Gasteiger partial charge on any atom is -0.507 e. The molecule has 104 valence electrons. The number of phenols is 1. The fourth-order valence-corrected chi connectivity index (χ4v) is 3.32. The molecule has 0 heterocycles. The van der Waals surface area contributed by atoms with Crippen LogP contribution in [-0.2, 0) is 6.42 Å². The third-order valence-corrected chi connectivity index (χ3v) is 4.64.